The molecule has 1 fully saturated rings. The van der Waals surface area contributed by atoms with E-state index in [2.05, 4.69) is 5.43 Å². The molecular formula is C13H18N4O4. The number of carbonyl (C=O) groups is 1. The topological polar surface area (TPSA) is 111 Å². The number of rotatable bonds is 5. The fraction of sp³-hybridized carbons (Fsp3) is 0.462. The Morgan fingerprint density at radius 2 is 2.38 bits per heavy atom. The summed E-state index contributed by atoms with van der Waals surface area (Å²) in [5.41, 5.74) is 2.69. The number of hydrogen-bond donors (Lipinski definition) is 2. The van der Waals surface area contributed by atoms with E-state index in [1.54, 1.807) is 12.0 Å². The number of ether oxygens (including phenoxy) is 1. The van der Waals surface area contributed by atoms with Crippen molar-refractivity contribution < 1.29 is 14.5 Å². The number of nitro groups is 1. The summed E-state index contributed by atoms with van der Waals surface area (Å²) in [7, 11) is 1.62. The van der Waals surface area contributed by atoms with Gasteiger partial charge in [-0.25, -0.2) is 0 Å². The first kappa shape index (κ1) is 15.2. The zero-order valence-corrected chi connectivity index (χ0v) is 11.7. The van der Waals surface area contributed by atoms with Gasteiger partial charge in [-0.1, -0.05) is 0 Å². The van der Waals surface area contributed by atoms with E-state index in [1.807, 2.05) is 0 Å². The van der Waals surface area contributed by atoms with Crippen LogP contribution in [0.3, 0.4) is 0 Å². The van der Waals surface area contributed by atoms with Gasteiger partial charge in [-0.2, -0.15) is 0 Å². The van der Waals surface area contributed by atoms with Crippen molar-refractivity contribution in [1.29, 1.82) is 0 Å². The van der Waals surface area contributed by atoms with Crippen molar-refractivity contribution in [2.24, 2.45) is 11.8 Å². The fourth-order valence-electron chi connectivity index (χ4n) is 2.52. The van der Waals surface area contributed by atoms with Crippen molar-refractivity contribution in [1.82, 2.24) is 4.90 Å². The van der Waals surface area contributed by atoms with Crippen LogP contribution in [-0.2, 0) is 4.74 Å². The number of nitrogen functional groups attached to an aromatic ring is 1. The number of benzene rings is 1. The third kappa shape index (κ3) is 3.29. The van der Waals surface area contributed by atoms with Gasteiger partial charge in [0.1, 0.15) is 5.56 Å². The number of carbonyl (C=O) groups excluding carboxylic acids is 1. The molecule has 1 atom stereocenters. The average Bonchev–Trinajstić information content (AvgIpc) is 2.94. The first-order valence-electron chi connectivity index (χ1n) is 6.60. The minimum atomic E-state index is -0.559. The van der Waals surface area contributed by atoms with Crippen LogP contribution in [0, 0.1) is 16.0 Å². The van der Waals surface area contributed by atoms with Gasteiger partial charge in [-0.15, -0.1) is 0 Å². The van der Waals surface area contributed by atoms with E-state index in [-0.39, 0.29) is 23.1 Å². The molecule has 1 unspecified atom stereocenters. The molecule has 1 saturated heterocycles. The van der Waals surface area contributed by atoms with Crippen LogP contribution in [0.4, 0.5) is 11.4 Å². The lowest BCUT2D eigenvalue weighted by molar-refractivity contribution is -0.385. The van der Waals surface area contributed by atoms with Gasteiger partial charge in [0.15, 0.2) is 0 Å². The van der Waals surface area contributed by atoms with E-state index in [0.29, 0.717) is 25.4 Å². The molecule has 3 N–H and O–H groups in total. The van der Waals surface area contributed by atoms with Crippen molar-refractivity contribution >= 4 is 17.3 Å². The van der Waals surface area contributed by atoms with Gasteiger partial charge in [0.25, 0.3) is 11.6 Å². The second-order valence-corrected chi connectivity index (χ2v) is 4.99. The number of amides is 1. The summed E-state index contributed by atoms with van der Waals surface area (Å²) in [5.74, 6) is 5.22. The molecule has 114 valence electrons. The second-order valence-electron chi connectivity index (χ2n) is 4.99. The highest BCUT2D eigenvalue weighted by molar-refractivity contribution is 5.99. The number of methoxy groups -OCH3 is 1. The number of nitrogens with zero attached hydrogens (tertiary/aromatic N) is 2. The highest BCUT2D eigenvalue weighted by Gasteiger charge is 2.30. The van der Waals surface area contributed by atoms with Gasteiger partial charge >= 0.3 is 0 Å². The van der Waals surface area contributed by atoms with E-state index >= 15 is 0 Å². The van der Waals surface area contributed by atoms with Crippen molar-refractivity contribution in [3.05, 3.63) is 33.9 Å². The lowest BCUT2D eigenvalue weighted by Crippen LogP contribution is -2.30. The highest BCUT2D eigenvalue weighted by atomic mass is 16.6. The molecule has 1 aromatic rings. The Balaban J connectivity index is 2.24. The number of likely N-dealkylation sites (tertiary alicyclic amines) is 1. The molecule has 1 aliphatic rings. The molecule has 0 aliphatic carbocycles. The molecular weight excluding hydrogens is 276 g/mol. The van der Waals surface area contributed by atoms with Crippen LogP contribution in [0.15, 0.2) is 18.2 Å². The zero-order chi connectivity index (χ0) is 15.4. The summed E-state index contributed by atoms with van der Waals surface area (Å²) in [5, 5.41) is 11.1. The summed E-state index contributed by atoms with van der Waals surface area (Å²) in [6, 6.07) is 4.15. The zero-order valence-electron chi connectivity index (χ0n) is 11.7. The molecule has 8 nitrogen and oxygen atoms in total. The second kappa shape index (κ2) is 6.51. The maximum Gasteiger partial charge on any atom is 0.282 e. The van der Waals surface area contributed by atoms with Crippen LogP contribution in [-0.4, -0.2) is 42.5 Å². The average molecular weight is 294 g/mol. The highest BCUT2D eigenvalue weighted by Crippen LogP contribution is 2.26. The summed E-state index contributed by atoms with van der Waals surface area (Å²) >= 11 is 0. The maximum absolute atomic E-state index is 12.5. The Labute approximate surface area is 122 Å². The van der Waals surface area contributed by atoms with Crippen LogP contribution in [0.5, 0.6) is 0 Å². The lowest BCUT2D eigenvalue weighted by Gasteiger charge is -2.17. The van der Waals surface area contributed by atoms with Crippen LogP contribution in [0.2, 0.25) is 0 Å². The van der Waals surface area contributed by atoms with Gasteiger partial charge < -0.3 is 15.1 Å². The van der Waals surface area contributed by atoms with Gasteiger partial charge in [0, 0.05) is 37.9 Å². The molecule has 1 aliphatic heterocycles. The van der Waals surface area contributed by atoms with E-state index < -0.39 is 4.92 Å². The third-order valence-corrected chi connectivity index (χ3v) is 3.57. The van der Waals surface area contributed by atoms with E-state index in [0.717, 1.165) is 6.42 Å². The molecule has 0 bridgehead atoms. The molecule has 21 heavy (non-hydrogen) atoms. The van der Waals surface area contributed by atoms with Crippen LogP contribution < -0.4 is 11.3 Å². The molecule has 0 aromatic heterocycles. The monoisotopic (exact) mass is 294 g/mol. The molecule has 1 amide bonds. The third-order valence-electron chi connectivity index (χ3n) is 3.57. The maximum atomic E-state index is 12.5. The Hall–Kier alpha value is -2.19. The number of anilines is 1. The Morgan fingerprint density at radius 3 is 3.00 bits per heavy atom. The molecule has 2 rings (SSSR count). The minimum Gasteiger partial charge on any atom is -0.384 e. The number of hydrogen-bond acceptors (Lipinski definition) is 6. The fourth-order valence-corrected chi connectivity index (χ4v) is 2.52. The molecule has 0 radical (unpaired) electrons. The number of nitrogens with one attached hydrogen (secondary N) is 1. The van der Waals surface area contributed by atoms with Gasteiger partial charge in [0.2, 0.25) is 0 Å². The molecule has 1 aromatic carbocycles. The van der Waals surface area contributed by atoms with Crippen molar-refractivity contribution in [2.45, 2.75) is 6.42 Å². The normalized spacial score (nSPS) is 17.8. The van der Waals surface area contributed by atoms with Crippen LogP contribution >= 0.6 is 0 Å². The number of hydrazine groups is 1. The van der Waals surface area contributed by atoms with E-state index in [1.165, 1.54) is 18.2 Å². The Bertz CT molecular complexity index is 549. The first-order chi connectivity index (χ1) is 10.1. The van der Waals surface area contributed by atoms with Crippen LogP contribution in [0.1, 0.15) is 16.8 Å². The molecule has 8 heteroatoms. The largest absolute Gasteiger partial charge is 0.384 e. The van der Waals surface area contributed by atoms with Crippen molar-refractivity contribution in [2.75, 3.05) is 32.2 Å². The van der Waals surface area contributed by atoms with Crippen molar-refractivity contribution in [3.63, 3.8) is 0 Å². The Kier molecular flexibility index (Phi) is 4.71. The van der Waals surface area contributed by atoms with E-state index in [9.17, 15) is 14.9 Å². The lowest BCUT2D eigenvalue weighted by atomic mass is 10.1. The van der Waals surface area contributed by atoms with Gasteiger partial charge in [0.05, 0.1) is 11.5 Å². The predicted molar refractivity (Wildman–Crippen MR) is 76.8 cm³/mol. The van der Waals surface area contributed by atoms with Crippen LogP contribution in [0.25, 0.3) is 0 Å². The van der Waals surface area contributed by atoms with Crippen molar-refractivity contribution in [3.8, 4) is 0 Å². The SMILES string of the molecule is COCC1CCN(C(=O)c2cc(NN)ccc2[N+](=O)[O-])C1. The molecule has 0 spiro atoms. The molecule has 1 heterocycles. The van der Waals surface area contributed by atoms with Gasteiger partial charge in [-0.05, 0) is 18.6 Å². The summed E-state index contributed by atoms with van der Waals surface area (Å²) in [6.45, 7) is 1.70. The summed E-state index contributed by atoms with van der Waals surface area (Å²) in [4.78, 5) is 24.6. The summed E-state index contributed by atoms with van der Waals surface area (Å²) in [6.07, 6.45) is 0.836. The van der Waals surface area contributed by atoms with Gasteiger partial charge in [-0.3, -0.25) is 20.8 Å². The smallest absolute Gasteiger partial charge is 0.282 e. The first-order valence-corrected chi connectivity index (χ1v) is 6.60. The minimum absolute atomic E-state index is 0.0496. The number of nitrogens with two attached hydrogens (primary N) is 1. The molecule has 0 saturated carbocycles. The number of nitro benzene ring substituents is 1. The van der Waals surface area contributed by atoms with E-state index in [4.69, 9.17) is 10.6 Å². The quantitative estimate of drug-likeness (QED) is 0.476. The predicted octanol–water partition coefficient (Wildman–Crippen LogP) is 0.989. The summed E-state index contributed by atoms with van der Waals surface area (Å²) < 4.78 is 5.09. The standard InChI is InChI=1S/C13H18N4O4/c1-21-8-9-4-5-16(7-9)13(18)11-6-10(15-14)2-3-12(11)17(19)20/h2-3,6,9,15H,4-5,7-8,14H2,1H3. The Morgan fingerprint density at radius 1 is 1.62 bits per heavy atom.